The number of anilines is 6. The molecule has 0 fully saturated rings. The fourth-order valence-electron chi connectivity index (χ4n) is 5.69. The molecule has 1 N–H and O–H groups in total. The van der Waals surface area contributed by atoms with E-state index in [-0.39, 0.29) is 11.8 Å². The molecule has 0 saturated carbocycles. The van der Waals surface area contributed by atoms with Crippen LogP contribution in [0.1, 0.15) is 80.1 Å². The molecule has 4 nitrogen and oxygen atoms in total. The molecule has 0 radical (unpaired) electrons. The van der Waals surface area contributed by atoms with E-state index in [1.165, 1.54) is 32.5 Å². The van der Waals surface area contributed by atoms with Gasteiger partial charge in [0, 0.05) is 26.9 Å². The van der Waals surface area contributed by atoms with Crippen molar-refractivity contribution < 1.29 is 24.3 Å². The van der Waals surface area contributed by atoms with E-state index in [4.69, 9.17) is 5.52 Å². The Kier molecular flexibility index (Phi) is 7.75. The molecule has 0 spiro atoms. The number of hydrogen-bond donors (Lipinski definition) is 1. The zero-order valence-corrected chi connectivity index (χ0v) is 27.8. The van der Waals surface area contributed by atoms with E-state index >= 15 is 0 Å². The van der Waals surface area contributed by atoms with Gasteiger partial charge in [0.05, 0.1) is 0 Å². The van der Waals surface area contributed by atoms with Crippen LogP contribution in [0.2, 0.25) is 1.41 Å². The van der Waals surface area contributed by atoms with Crippen molar-refractivity contribution in [3.05, 3.63) is 109 Å². The van der Waals surface area contributed by atoms with Crippen molar-refractivity contribution in [2.45, 2.75) is 59.3 Å². The van der Waals surface area contributed by atoms with Crippen molar-refractivity contribution in [1.82, 2.24) is 0 Å². The van der Waals surface area contributed by atoms with Gasteiger partial charge in [0.25, 0.3) is 0 Å². The molecule has 223 valence electrons. The molecule has 0 atom stereocenters. The topological polar surface area (TPSA) is 21.8 Å². The second-order valence-electron chi connectivity index (χ2n) is 11.6. The Bertz CT molecular complexity index is 1680. The van der Waals surface area contributed by atoms with Gasteiger partial charge in [0.1, 0.15) is 1.41 Å². The fourth-order valence-corrected chi connectivity index (χ4v) is 5.69. The Morgan fingerprint density at radius 3 is 1.95 bits per heavy atom. The molecule has 0 aromatic heterocycles. The van der Waals surface area contributed by atoms with Crippen molar-refractivity contribution in [3.8, 4) is 11.1 Å². The number of nitrogens with zero attached hydrogens (tertiary/aromatic N) is 3. The van der Waals surface area contributed by atoms with Crippen molar-refractivity contribution in [2.75, 3.05) is 27.0 Å². The number of halogens is 1. The van der Waals surface area contributed by atoms with Crippen LogP contribution < -0.4 is 20.0 Å². The van der Waals surface area contributed by atoms with Crippen molar-refractivity contribution in [3.63, 3.8) is 0 Å². The average molecular weight is 762 g/mol. The number of rotatable bonds is 6. The van der Waals surface area contributed by atoms with Crippen LogP contribution in [0.4, 0.5) is 34.1 Å². The second-order valence-corrected chi connectivity index (χ2v) is 11.6. The molecular weight excluding hydrogens is 719 g/mol. The number of benzene rings is 4. The van der Waals surface area contributed by atoms with E-state index < -0.39 is 6.98 Å². The standard InChI is InChI=1S/C36H39N4.ClH.Pt/c1-23(2)26-18-30(24(3)4)36(31(19-26)25(5)6)27-16-28(39-21-37-32-12-8-9-13-33(32)39)20-29(17-27)40-22-38(7)34-14-10-11-15-35(34)40;;/h8-19,21-25,37H,1-7H3;1H;/q-3;;+1/p-1/i7D3;;/hD. The molecule has 0 unspecified atom stereocenters. The molecule has 42 heavy (non-hydrogen) atoms. The van der Waals surface area contributed by atoms with E-state index in [2.05, 4.69) is 81.3 Å². The van der Waals surface area contributed by atoms with Gasteiger partial charge in [-0.3, -0.25) is 0 Å². The molecule has 0 saturated heterocycles. The van der Waals surface area contributed by atoms with Gasteiger partial charge >= 0.3 is 28.2 Å². The van der Waals surface area contributed by atoms with Gasteiger partial charge in [-0.1, -0.05) is 77.9 Å². The van der Waals surface area contributed by atoms with Crippen molar-refractivity contribution >= 4 is 43.5 Å². The van der Waals surface area contributed by atoms with Crippen LogP contribution in [0.3, 0.4) is 0 Å². The van der Waals surface area contributed by atoms with Crippen LogP contribution in [0.5, 0.6) is 0 Å². The summed E-state index contributed by atoms with van der Waals surface area (Å²) in [6.07, 6.45) is 0. The van der Waals surface area contributed by atoms with E-state index in [1.807, 2.05) is 58.3 Å². The monoisotopic (exact) mass is 761 g/mol. The summed E-state index contributed by atoms with van der Waals surface area (Å²) in [5.74, 6) is 0.963. The molecule has 4 aromatic rings. The SMILES string of the molecule is [2H]N1[CH-]N(c2[c-]c(N3[CH-]N(C([2H])([2H])[2H])c4ccccc43)cc(-c3c(C(C)C)cc(C(C)C)cc3C(C)C)c2)c2ccccc21.[Cl][Pt]. The van der Waals surface area contributed by atoms with Gasteiger partial charge in [0.2, 0.25) is 0 Å². The summed E-state index contributed by atoms with van der Waals surface area (Å²) in [4.78, 5) is 5.26. The van der Waals surface area contributed by atoms with Gasteiger partial charge in [-0.25, -0.2) is 0 Å². The number of para-hydroxylation sites is 4. The quantitative estimate of drug-likeness (QED) is 0.198. The Labute approximate surface area is 273 Å². The summed E-state index contributed by atoms with van der Waals surface area (Å²) in [6, 6.07) is 28.0. The van der Waals surface area contributed by atoms with Gasteiger partial charge in [0.15, 0.2) is 0 Å². The van der Waals surface area contributed by atoms with Crippen LogP contribution in [0.15, 0.2) is 72.8 Å². The van der Waals surface area contributed by atoms with E-state index in [1.54, 1.807) is 32.1 Å². The molecule has 2 aliphatic heterocycles. The summed E-state index contributed by atoms with van der Waals surface area (Å²) in [5, 5.41) is 1.37. The summed E-state index contributed by atoms with van der Waals surface area (Å²) in [7, 11) is 4.61. The maximum atomic E-state index is 8.60. The first-order chi connectivity index (χ1) is 21.8. The molecule has 2 aliphatic rings. The van der Waals surface area contributed by atoms with Crippen LogP contribution >= 0.6 is 9.42 Å². The average Bonchev–Trinajstić information content (AvgIpc) is 3.60. The van der Waals surface area contributed by atoms with Crippen LogP contribution in [-0.2, 0) is 18.8 Å². The van der Waals surface area contributed by atoms with E-state index in [0.717, 1.165) is 34.0 Å². The van der Waals surface area contributed by atoms with Crippen LogP contribution in [0, 0.1) is 19.4 Å². The summed E-state index contributed by atoms with van der Waals surface area (Å²) >= 11 is 1.61. The van der Waals surface area contributed by atoms with E-state index in [9.17, 15) is 0 Å². The fraction of sp³-hybridized carbons (Fsp3) is 0.278. The minimum atomic E-state index is -2.35. The molecule has 0 aliphatic carbocycles. The molecule has 6 heteroatoms. The molecule has 0 amide bonds. The van der Waals surface area contributed by atoms with E-state index in [0.29, 0.717) is 11.6 Å². The number of fused-ring (bicyclic) bond motifs is 2. The Hall–Kier alpha value is -2.94. The predicted molar refractivity (Wildman–Crippen MR) is 177 cm³/mol. The maximum absolute atomic E-state index is 8.60. The zero-order chi connectivity index (χ0) is 33.5. The third-order valence-electron chi connectivity index (χ3n) is 7.87. The molecule has 0 bridgehead atoms. The summed E-state index contributed by atoms with van der Waals surface area (Å²) in [6.45, 7) is 14.5. The second kappa shape index (κ2) is 12.7. The van der Waals surface area contributed by atoms with Crippen molar-refractivity contribution in [2.24, 2.45) is 0 Å². The van der Waals surface area contributed by atoms with Gasteiger partial charge in [-0.15, -0.1) is 35.1 Å². The molecule has 4 aromatic carbocycles. The van der Waals surface area contributed by atoms with Crippen molar-refractivity contribution in [1.29, 1.82) is 0 Å². The third-order valence-corrected chi connectivity index (χ3v) is 7.87. The first-order valence-electron chi connectivity index (χ1n) is 16.2. The Morgan fingerprint density at radius 1 is 0.786 bits per heavy atom. The number of nitrogens with one attached hydrogen (secondary N) is 1. The molecule has 2 heterocycles. The molecular formula is C36H39ClN4Pt-3. The zero-order valence-electron chi connectivity index (χ0n) is 28.8. The molecule has 6 rings (SSSR count). The Balaban J connectivity index is 0.00000204. The normalized spacial score (nSPS) is 15.8. The van der Waals surface area contributed by atoms with Gasteiger partial charge in [-0.05, 0) is 71.2 Å². The van der Waals surface area contributed by atoms with Gasteiger partial charge in [-0.2, -0.15) is 13.3 Å². The third kappa shape index (κ3) is 5.69. The predicted octanol–water partition coefficient (Wildman–Crippen LogP) is 10.6. The number of hydrogen-bond acceptors (Lipinski definition) is 4. The first-order valence-corrected chi connectivity index (χ1v) is 17.1. The summed E-state index contributed by atoms with van der Waals surface area (Å²) in [5.41, 5.74) is 10.7. The van der Waals surface area contributed by atoms with Crippen LogP contribution in [0.25, 0.3) is 11.1 Å². The minimum absolute atomic E-state index is 0.283. The Morgan fingerprint density at radius 2 is 1.36 bits per heavy atom. The van der Waals surface area contributed by atoms with Crippen LogP contribution in [-0.4, -0.2) is 6.98 Å². The van der Waals surface area contributed by atoms with Gasteiger partial charge < -0.3 is 20.0 Å². The first kappa shape index (κ1) is 25.5. The summed E-state index contributed by atoms with van der Waals surface area (Å²) < 4.78 is 33.3.